The van der Waals surface area contributed by atoms with Crippen molar-refractivity contribution in [3.8, 4) is 0 Å². The SMILES string of the molecule is CN(C)CCCNC(=O)Nc1ccc(I)cc1C(=O)O. The summed E-state index contributed by atoms with van der Waals surface area (Å²) in [5.41, 5.74) is 0.378. The molecule has 0 atom stereocenters. The van der Waals surface area contributed by atoms with Crippen molar-refractivity contribution in [3.05, 3.63) is 27.3 Å². The lowest BCUT2D eigenvalue weighted by atomic mass is 10.2. The van der Waals surface area contributed by atoms with Gasteiger partial charge in [0.2, 0.25) is 0 Å². The van der Waals surface area contributed by atoms with E-state index in [-0.39, 0.29) is 5.56 Å². The molecule has 6 nitrogen and oxygen atoms in total. The van der Waals surface area contributed by atoms with Crippen LogP contribution in [0.4, 0.5) is 10.5 Å². The van der Waals surface area contributed by atoms with E-state index in [1.807, 2.05) is 41.6 Å². The number of urea groups is 1. The zero-order valence-electron chi connectivity index (χ0n) is 11.4. The van der Waals surface area contributed by atoms with E-state index in [2.05, 4.69) is 10.6 Å². The average Bonchev–Trinajstić information content (AvgIpc) is 2.36. The van der Waals surface area contributed by atoms with Crippen LogP contribution in [0.2, 0.25) is 0 Å². The van der Waals surface area contributed by atoms with Gasteiger partial charge in [-0.1, -0.05) is 0 Å². The Bertz CT molecular complexity index is 492. The predicted octanol–water partition coefficient (Wildman–Crippen LogP) is 2.06. The number of aromatic carboxylic acids is 1. The Labute approximate surface area is 131 Å². The van der Waals surface area contributed by atoms with E-state index in [9.17, 15) is 9.59 Å². The fraction of sp³-hybridized carbons (Fsp3) is 0.385. The van der Waals surface area contributed by atoms with Crippen LogP contribution in [0.5, 0.6) is 0 Å². The molecule has 0 saturated heterocycles. The Balaban J connectivity index is 2.55. The molecule has 0 aliphatic rings. The second-order valence-electron chi connectivity index (χ2n) is 4.53. The molecule has 0 spiro atoms. The van der Waals surface area contributed by atoms with Gasteiger partial charge in [0.15, 0.2) is 0 Å². The van der Waals surface area contributed by atoms with Crippen molar-refractivity contribution in [2.24, 2.45) is 0 Å². The maximum Gasteiger partial charge on any atom is 0.337 e. The minimum atomic E-state index is -1.06. The van der Waals surface area contributed by atoms with Gasteiger partial charge in [-0.15, -0.1) is 0 Å². The first-order valence-corrected chi connectivity index (χ1v) is 7.20. The molecule has 0 bridgehead atoms. The van der Waals surface area contributed by atoms with E-state index >= 15 is 0 Å². The third kappa shape index (κ3) is 5.74. The minimum absolute atomic E-state index is 0.0836. The number of halogens is 1. The number of amides is 2. The summed E-state index contributed by atoms with van der Waals surface area (Å²) in [5, 5.41) is 14.4. The number of anilines is 1. The molecule has 7 heteroatoms. The van der Waals surface area contributed by atoms with Crippen LogP contribution in [0.25, 0.3) is 0 Å². The third-order valence-corrected chi connectivity index (χ3v) is 3.20. The summed E-state index contributed by atoms with van der Waals surface area (Å²) in [6, 6.07) is 4.46. The molecule has 1 aromatic carbocycles. The number of carboxylic acid groups (broad SMARTS) is 1. The van der Waals surface area contributed by atoms with Gasteiger partial charge in [-0.05, 0) is 67.9 Å². The van der Waals surface area contributed by atoms with Crippen molar-refractivity contribution in [2.45, 2.75) is 6.42 Å². The van der Waals surface area contributed by atoms with Gasteiger partial charge in [-0.2, -0.15) is 0 Å². The van der Waals surface area contributed by atoms with Crippen LogP contribution in [-0.4, -0.2) is 49.2 Å². The zero-order valence-corrected chi connectivity index (χ0v) is 13.6. The molecule has 0 unspecified atom stereocenters. The fourth-order valence-electron chi connectivity index (χ4n) is 1.57. The number of hydrogen-bond donors (Lipinski definition) is 3. The summed E-state index contributed by atoms with van der Waals surface area (Å²) in [6.45, 7) is 1.42. The molecule has 20 heavy (non-hydrogen) atoms. The Hall–Kier alpha value is -1.35. The molecule has 2 amide bonds. The predicted molar refractivity (Wildman–Crippen MR) is 86.3 cm³/mol. The largest absolute Gasteiger partial charge is 0.478 e. The van der Waals surface area contributed by atoms with E-state index in [4.69, 9.17) is 5.11 Å². The first-order valence-electron chi connectivity index (χ1n) is 6.12. The van der Waals surface area contributed by atoms with Crippen molar-refractivity contribution in [1.82, 2.24) is 10.2 Å². The molecule has 3 N–H and O–H groups in total. The highest BCUT2D eigenvalue weighted by molar-refractivity contribution is 14.1. The van der Waals surface area contributed by atoms with Crippen LogP contribution in [-0.2, 0) is 0 Å². The second kappa shape index (κ2) is 8.05. The van der Waals surface area contributed by atoms with E-state index in [1.165, 1.54) is 6.07 Å². The van der Waals surface area contributed by atoms with Gasteiger partial charge in [-0.25, -0.2) is 9.59 Å². The number of nitrogens with zero attached hydrogens (tertiary/aromatic N) is 1. The summed E-state index contributed by atoms with van der Waals surface area (Å²) in [7, 11) is 3.93. The molecular weight excluding hydrogens is 373 g/mol. The molecule has 0 radical (unpaired) electrons. The Morgan fingerprint density at radius 3 is 2.65 bits per heavy atom. The normalized spacial score (nSPS) is 10.4. The van der Waals surface area contributed by atoms with E-state index < -0.39 is 12.0 Å². The monoisotopic (exact) mass is 391 g/mol. The Morgan fingerprint density at radius 1 is 1.35 bits per heavy atom. The van der Waals surface area contributed by atoms with Crippen LogP contribution in [0.3, 0.4) is 0 Å². The second-order valence-corrected chi connectivity index (χ2v) is 5.78. The van der Waals surface area contributed by atoms with Crippen molar-refractivity contribution >= 4 is 40.3 Å². The lowest BCUT2D eigenvalue weighted by molar-refractivity contribution is 0.0698. The molecular formula is C13H18IN3O3. The highest BCUT2D eigenvalue weighted by Crippen LogP contribution is 2.18. The molecule has 1 rings (SSSR count). The van der Waals surface area contributed by atoms with Crippen molar-refractivity contribution < 1.29 is 14.7 Å². The molecule has 0 fully saturated rings. The minimum Gasteiger partial charge on any atom is -0.478 e. The average molecular weight is 391 g/mol. The smallest absolute Gasteiger partial charge is 0.337 e. The highest BCUT2D eigenvalue weighted by atomic mass is 127. The quantitative estimate of drug-likeness (QED) is 0.512. The molecule has 0 saturated carbocycles. The van der Waals surface area contributed by atoms with Crippen LogP contribution >= 0.6 is 22.6 Å². The molecule has 0 aliphatic heterocycles. The number of carboxylic acids is 1. The van der Waals surface area contributed by atoms with E-state index in [1.54, 1.807) is 12.1 Å². The maximum absolute atomic E-state index is 11.7. The standard InChI is InChI=1S/C13H18IN3O3/c1-17(2)7-3-6-15-13(20)16-11-5-4-9(14)8-10(11)12(18)19/h4-5,8H,3,6-7H2,1-2H3,(H,18,19)(H2,15,16,20). The summed E-state index contributed by atoms with van der Waals surface area (Å²) in [5.74, 6) is -1.06. The van der Waals surface area contributed by atoms with Crippen molar-refractivity contribution in [1.29, 1.82) is 0 Å². The molecule has 0 heterocycles. The van der Waals surface area contributed by atoms with Crippen LogP contribution in [0.15, 0.2) is 18.2 Å². The van der Waals surface area contributed by atoms with E-state index in [0.717, 1.165) is 16.5 Å². The van der Waals surface area contributed by atoms with Gasteiger partial charge in [0, 0.05) is 10.1 Å². The summed E-state index contributed by atoms with van der Waals surface area (Å²) >= 11 is 2.03. The van der Waals surface area contributed by atoms with Crippen molar-refractivity contribution in [3.63, 3.8) is 0 Å². The lowest BCUT2D eigenvalue weighted by Crippen LogP contribution is -2.31. The van der Waals surface area contributed by atoms with Gasteiger partial charge in [0.1, 0.15) is 0 Å². The zero-order chi connectivity index (χ0) is 15.1. The summed E-state index contributed by atoms with van der Waals surface area (Å²) < 4.78 is 0.803. The number of carbonyl (C=O) groups excluding carboxylic acids is 1. The molecule has 110 valence electrons. The maximum atomic E-state index is 11.7. The van der Waals surface area contributed by atoms with Gasteiger partial charge < -0.3 is 20.6 Å². The van der Waals surface area contributed by atoms with Crippen LogP contribution in [0, 0.1) is 3.57 Å². The van der Waals surface area contributed by atoms with E-state index in [0.29, 0.717) is 12.2 Å². The molecule has 1 aromatic rings. The van der Waals surface area contributed by atoms with Gasteiger partial charge in [0.25, 0.3) is 0 Å². The van der Waals surface area contributed by atoms with Crippen LogP contribution in [0.1, 0.15) is 16.8 Å². The fourth-order valence-corrected chi connectivity index (χ4v) is 2.06. The molecule has 0 aromatic heterocycles. The topological polar surface area (TPSA) is 81.7 Å². The number of carbonyl (C=O) groups is 2. The third-order valence-electron chi connectivity index (χ3n) is 2.53. The van der Waals surface area contributed by atoms with Gasteiger partial charge in [0.05, 0.1) is 11.3 Å². The number of hydrogen-bond acceptors (Lipinski definition) is 3. The van der Waals surface area contributed by atoms with Crippen LogP contribution < -0.4 is 10.6 Å². The summed E-state index contributed by atoms with van der Waals surface area (Å²) in [6.07, 6.45) is 0.832. The first kappa shape index (κ1) is 16.7. The Morgan fingerprint density at radius 2 is 2.05 bits per heavy atom. The number of nitrogens with one attached hydrogen (secondary N) is 2. The molecule has 0 aliphatic carbocycles. The number of benzene rings is 1. The van der Waals surface area contributed by atoms with Gasteiger partial charge >= 0.3 is 12.0 Å². The summed E-state index contributed by atoms with van der Waals surface area (Å²) in [4.78, 5) is 24.8. The van der Waals surface area contributed by atoms with Crippen molar-refractivity contribution in [2.75, 3.05) is 32.5 Å². The number of rotatable bonds is 6. The first-order chi connectivity index (χ1) is 9.40. The Kier molecular flexibility index (Phi) is 6.73. The van der Waals surface area contributed by atoms with Gasteiger partial charge in [-0.3, -0.25) is 0 Å². The lowest BCUT2D eigenvalue weighted by Gasteiger charge is -2.12. The highest BCUT2D eigenvalue weighted by Gasteiger charge is 2.12.